The minimum absolute atomic E-state index is 0.155. The van der Waals surface area contributed by atoms with E-state index < -0.39 is 6.36 Å². The van der Waals surface area contributed by atoms with Crippen molar-refractivity contribution < 1.29 is 17.9 Å². The van der Waals surface area contributed by atoms with Crippen molar-refractivity contribution in [3.8, 4) is 5.75 Å². The molecule has 1 fully saturated rings. The van der Waals surface area contributed by atoms with Crippen molar-refractivity contribution in [2.45, 2.75) is 32.0 Å². The van der Waals surface area contributed by atoms with E-state index in [4.69, 9.17) is 0 Å². The minimum atomic E-state index is -4.62. The van der Waals surface area contributed by atoms with Crippen molar-refractivity contribution in [2.75, 3.05) is 13.1 Å². The molecule has 19 heavy (non-hydrogen) atoms. The van der Waals surface area contributed by atoms with Crippen LogP contribution in [0.3, 0.4) is 0 Å². The van der Waals surface area contributed by atoms with E-state index in [2.05, 4.69) is 17.0 Å². The first-order valence-corrected chi connectivity index (χ1v) is 6.56. The van der Waals surface area contributed by atoms with E-state index in [0.717, 1.165) is 31.5 Å². The number of rotatable bonds is 6. The molecule has 0 bridgehead atoms. The van der Waals surface area contributed by atoms with Gasteiger partial charge in [0.25, 0.3) is 0 Å². The average Bonchev–Trinajstić information content (AvgIpc) is 3.08. The van der Waals surface area contributed by atoms with E-state index in [-0.39, 0.29) is 5.75 Å². The number of halogens is 3. The molecule has 2 rings (SSSR count). The number of benzene rings is 1. The van der Waals surface area contributed by atoms with E-state index in [0.29, 0.717) is 11.8 Å². The molecule has 1 aromatic carbocycles. The van der Waals surface area contributed by atoms with Crippen molar-refractivity contribution >= 4 is 0 Å². The van der Waals surface area contributed by atoms with Crippen molar-refractivity contribution in [1.29, 1.82) is 0 Å². The van der Waals surface area contributed by atoms with Gasteiger partial charge in [-0.2, -0.15) is 0 Å². The predicted octanol–water partition coefficient (Wildman–Crippen LogP) is 3.69. The highest BCUT2D eigenvalue weighted by Crippen LogP contribution is 2.47. The first-order chi connectivity index (χ1) is 8.99. The van der Waals surface area contributed by atoms with E-state index in [1.165, 1.54) is 12.1 Å². The predicted molar refractivity (Wildman–Crippen MR) is 67.1 cm³/mol. The summed E-state index contributed by atoms with van der Waals surface area (Å²) in [4.78, 5) is 0. The third-order valence-electron chi connectivity index (χ3n) is 3.30. The highest BCUT2D eigenvalue weighted by atomic mass is 19.4. The van der Waals surface area contributed by atoms with Gasteiger partial charge in [0.1, 0.15) is 5.75 Å². The lowest BCUT2D eigenvalue weighted by Crippen LogP contribution is -2.18. The Labute approximate surface area is 111 Å². The molecule has 0 saturated heterocycles. The Bertz CT molecular complexity index is 402. The van der Waals surface area contributed by atoms with Gasteiger partial charge in [-0.3, -0.25) is 0 Å². The molecule has 2 nitrogen and oxygen atoms in total. The Morgan fingerprint density at radius 1 is 1.26 bits per heavy atom. The van der Waals surface area contributed by atoms with Crippen molar-refractivity contribution in [3.63, 3.8) is 0 Å². The van der Waals surface area contributed by atoms with Gasteiger partial charge in [-0.1, -0.05) is 19.1 Å². The maximum Gasteiger partial charge on any atom is 0.573 e. The third kappa shape index (κ3) is 4.42. The summed E-state index contributed by atoms with van der Waals surface area (Å²) in [5, 5.41) is 3.37. The first-order valence-electron chi connectivity index (χ1n) is 6.56. The summed E-state index contributed by atoms with van der Waals surface area (Å²) in [6, 6.07) is 6.23. The summed E-state index contributed by atoms with van der Waals surface area (Å²) in [5.41, 5.74) is 1.10. The Hall–Kier alpha value is -1.23. The third-order valence-corrected chi connectivity index (χ3v) is 3.30. The van der Waals surface area contributed by atoms with Gasteiger partial charge >= 0.3 is 6.36 Å². The zero-order chi connectivity index (χ0) is 13.9. The van der Waals surface area contributed by atoms with Crippen LogP contribution < -0.4 is 10.1 Å². The molecule has 1 aliphatic carbocycles. The highest BCUT2D eigenvalue weighted by molar-refractivity contribution is 5.32. The zero-order valence-corrected chi connectivity index (χ0v) is 10.8. The summed E-state index contributed by atoms with van der Waals surface area (Å²) in [7, 11) is 0. The van der Waals surface area contributed by atoms with Gasteiger partial charge < -0.3 is 10.1 Å². The van der Waals surface area contributed by atoms with Crippen LogP contribution in [0.4, 0.5) is 13.2 Å². The normalized spacial score (nSPS) is 22.3. The standard InChI is InChI=1S/C14H18F3NO/c1-2-7-18-9-11-8-13(11)10-3-5-12(6-4-10)19-14(15,16)17/h3-6,11,13,18H,2,7-9H2,1H3. The summed E-state index contributed by atoms with van der Waals surface area (Å²) >= 11 is 0. The molecule has 2 unspecified atom stereocenters. The van der Waals surface area contributed by atoms with E-state index in [1.807, 2.05) is 0 Å². The summed E-state index contributed by atoms with van der Waals surface area (Å²) < 4.78 is 39.9. The fourth-order valence-electron chi connectivity index (χ4n) is 2.26. The van der Waals surface area contributed by atoms with Crippen LogP contribution in [0.25, 0.3) is 0 Å². The van der Waals surface area contributed by atoms with Crippen LogP contribution in [0.15, 0.2) is 24.3 Å². The molecule has 0 radical (unpaired) electrons. The molecule has 1 N–H and O–H groups in total. The number of nitrogens with one attached hydrogen (secondary N) is 1. The molecule has 0 aliphatic heterocycles. The summed E-state index contributed by atoms with van der Waals surface area (Å²) in [5.74, 6) is 0.933. The first kappa shape index (κ1) is 14.2. The molecule has 1 aromatic rings. The fourth-order valence-corrected chi connectivity index (χ4v) is 2.26. The molecule has 0 heterocycles. The lowest BCUT2D eigenvalue weighted by molar-refractivity contribution is -0.274. The topological polar surface area (TPSA) is 21.3 Å². The van der Waals surface area contributed by atoms with Gasteiger partial charge in [0, 0.05) is 0 Å². The number of alkyl halides is 3. The van der Waals surface area contributed by atoms with Crippen LogP contribution in [0.1, 0.15) is 31.2 Å². The molecular weight excluding hydrogens is 255 g/mol. The molecule has 0 spiro atoms. The molecule has 2 atom stereocenters. The smallest absolute Gasteiger partial charge is 0.406 e. The van der Waals surface area contributed by atoms with Gasteiger partial charge in [0.15, 0.2) is 0 Å². The Kier molecular flexibility index (Phi) is 4.34. The second kappa shape index (κ2) is 5.82. The van der Waals surface area contributed by atoms with Crippen molar-refractivity contribution in [1.82, 2.24) is 5.32 Å². The zero-order valence-electron chi connectivity index (χ0n) is 10.8. The van der Waals surface area contributed by atoms with Crippen molar-refractivity contribution in [3.05, 3.63) is 29.8 Å². The minimum Gasteiger partial charge on any atom is -0.406 e. The van der Waals surface area contributed by atoms with Gasteiger partial charge in [-0.05, 0) is 55.5 Å². The maximum atomic E-state index is 12.0. The van der Waals surface area contributed by atoms with Gasteiger partial charge in [0.05, 0.1) is 0 Å². The fraction of sp³-hybridized carbons (Fsp3) is 0.571. The van der Waals surface area contributed by atoms with E-state index in [9.17, 15) is 13.2 Å². The SMILES string of the molecule is CCCNCC1CC1c1ccc(OC(F)(F)F)cc1. The Balaban J connectivity index is 1.83. The van der Waals surface area contributed by atoms with Crippen LogP contribution in [0, 0.1) is 5.92 Å². The molecule has 0 aromatic heterocycles. The van der Waals surface area contributed by atoms with Gasteiger partial charge in [-0.25, -0.2) is 0 Å². The maximum absolute atomic E-state index is 12.0. The summed E-state index contributed by atoms with van der Waals surface area (Å²) in [6.45, 7) is 4.12. The Morgan fingerprint density at radius 3 is 2.53 bits per heavy atom. The molecule has 0 amide bonds. The van der Waals surface area contributed by atoms with E-state index in [1.54, 1.807) is 12.1 Å². The second-order valence-electron chi connectivity index (χ2n) is 4.92. The van der Waals surface area contributed by atoms with Crippen LogP contribution >= 0.6 is 0 Å². The number of hydrogen-bond donors (Lipinski definition) is 1. The number of hydrogen-bond acceptors (Lipinski definition) is 2. The second-order valence-corrected chi connectivity index (χ2v) is 4.92. The van der Waals surface area contributed by atoms with Crippen LogP contribution in [0.2, 0.25) is 0 Å². The van der Waals surface area contributed by atoms with Crippen LogP contribution in [0.5, 0.6) is 5.75 Å². The number of ether oxygens (including phenoxy) is 1. The molecular formula is C14H18F3NO. The Morgan fingerprint density at radius 2 is 1.95 bits per heavy atom. The summed E-state index contributed by atoms with van der Waals surface area (Å²) in [6.07, 6.45) is -2.40. The molecule has 1 aliphatic rings. The van der Waals surface area contributed by atoms with Crippen LogP contribution in [-0.2, 0) is 0 Å². The lowest BCUT2D eigenvalue weighted by atomic mass is 10.1. The largest absolute Gasteiger partial charge is 0.573 e. The molecule has 5 heteroatoms. The molecule has 1 saturated carbocycles. The van der Waals surface area contributed by atoms with E-state index >= 15 is 0 Å². The quantitative estimate of drug-likeness (QED) is 0.798. The van der Waals surface area contributed by atoms with Gasteiger partial charge in [0.2, 0.25) is 0 Å². The molecule has 106 valence electrons. The van der Waals surface area contributed by atoms with Gasteiger partial charge in [-0.15, -0.1) is 13.2 Å². The monoisotopic (exact) mass is 273 g/mol. The average molecular weight is 273 g/mol. The van der Waals surface area contributed by atoms with Crippen LogP contribution in [-0.4, -0.2) is 19.5 Å². The van der Waals surface area contributed by atoms with Crippen molar-refractivity contribution in [2.24, 2.45) is 5.92 Å². The highest BCUT2D eigenvalue weighted by Gasteiger charge is 2.37. The lowest BCUT2D eigenvalue weighted by Gasteiger charge is -2.09.